The number of non-ortho nitro benzene ring substituents is 1. The molecule has 1 saturated heterocycles. The zero-order valence-electron chi connectivity index (χ0n) is 13.1. The van der Waals surface area contributed by atoms with Gasteiger partial charge in [-0.25, -0.2) is 4.98 Å². The number of amides is 1. The number of anilines is 1. The zero-order chi connectivity index (χ0) is 17.8. The average molecular weight is 383 g/mol. The Labute approximate surface area is 152 Å². The van der Waals surface area contributed by atoms with Gasteiger partial charge in [-0.3, -0.25) is 19.8 Å². The SMILES string of the molecule is O=C(Nc1ccc([N+](=O)[O-])cc1Cl)c1csc(CN2CCOCC2)n1. The molecule has 0 aliphatic carbocycles. The Morgan fingerprint density at radius 3 is 2.88 bits per heavy atom. The first-order chi connectivity index (χ1) is 12.0. The minimum Gasteiger partial charge on any atom is -0.379 e. The molecule has 3 rings (SSSR count). The van der Waals surface area contributed by atoms with E-state index in [0.717, 1.165) is 18.1 Å². The maximum atomic E-state index is 12.3. The number of aromatic nitrogens is 1. The van der Waals surface area contributed by atoms with E-state index in [9.17, 15) is 14.9 Å². The smallest absolute Gasteiger partial charge is 0.275 e. The van der Waals surface area contributed by atoms with E-state index in [1.165, 1.54) is 29.5 Å². The molecule has 1 aliphatic heterocycles. The molecule has 0 saturated carbocycles. The Hall–Kier alpha value is -2.07. The number of nitrogens with one attached hydrogen (secondary N) is 1. The van der Waals surface area contributed by atoms with Crippen LogP contribution < -0.4 is 5.32 Å². The van der Waals surface area contributed by atoms with Gasteiger partial charge in [0.05, 0.1) is 35.4 Å². The topological polar surface area (TPSA) is 97.6 Å². The van der Waals surface area contributed by atoms with Crippen LogP contribution in [0.2, 0.25) is 5.02 Å². The van der Waals surface area contributed by atoms with E-state index in [-0.39, 0.29) is 10.7 Å². The Bertz CT molecular complexity index is 792. The summed E-state index contributed by atoms with van der Waals surface area (Å²) in [5.41, 5.74) is 0.465. The van der Waals surface area contributed by atoms with E-state index >= 15 is 0 Å². The van der Waals surface area contributed by atoms with Gasteiger partial charge >= 0.3 is 0 Å². The van der Waals surface area contributed by atoms with Crippen molar-refractivity contribution in [1.82, 2.24) is 9.88 Å². The van der Waals surface area contributed by atoms with Crippen LogP contribution >= 0.6 is 22.9 Å². The van der Waals surface area contributed by atoms with E-state index in [0.29, 0.717) is 31.1 Å². The van der Waals surface area contributed by atoms with E-state index in [1.807, 2.05) is 0 Å². The van der Waals surface area contributed by atoms with Gasteiger partial charge in [-0.2, -0.15) is 0 Å². The molecule has 1 aromatic carbocycles. The number of morpholine rings is 1. The largest absolute Gasteiger partial charge is 0.379 e. The van der Waals surface area contributed by atoms with Crippen molar-refractivity contribution in [3.8, 4) is 0 Å². The summed E-state index contributed by atoms with van der Waals surface area (Å²) in [6.45, 7) is 3.79. The molecule has 0 bridgehead atoms. The van der Waals surface area contributed by atoms with Gasteiger partial charge in [0, 0.05) is 30.6 Å². The number of benzene rings is 1. The number of carbonyl (C=O) groups excluding carboxylic acids is 1. The van der Waals surface area contributed by atoms with Crippen molar-refractivity contribution in [3.63, 3.8) is 0 Å². The number of nitrogens with zero attached hydrogens (tertiary/aromatic N) is 3. The Morgan fingerprint density at radius 2 is 2.20 bits per heavy atom. The fourth-order valence-corrected chi connectivity index (χ4v) is 3.38. The lowest BCUT2D eigenvalue weighted by Gasteiger charge is -2.25. The van der Waals surface area contributed by atoms with Crippen molar-refractivity contribution < 1.29 is 14.5 Å². The summed E-state index contributed by atoms with van der Waals surface area (Å²) in [7, 11) is 0. The number of hydrogen-bond donors (Lipinski definition) is 1. The molecule has 0 radical (unpaired) electrons. The molecule has 1 aliphatic rings. The van der Waals surface area contributed by atoms with Gasteiger partial charge in [0.25, 0.3) is 11.6 Å². The van der Waals surface area contributed by atoms with Gasteiger partial charge in [0.2, 0.25) is 0 Å². The molecular formula is C15H15ClN4O4S. The Morgan fingerprint density at radius 1 is 1.44 bits per heavy atom. The van der Waals surface area contributed by atoms with E-state index in [1.54, 1.807) is 5.38 Å². The van der Waals surface area contributed by atoms with Crippen LogP contribution in [0.25, 0.3) is 0 Å². The van der Waals surface area contributed by atoms with E-state index in [2.05, 4.69) is 15.2 Å². The van der Waals surface area contributed by atoms with Crippen LogP contribution in [0.15, 0.2) is 23.6 Å². The minimum absolute atomic E-state index is 0.103. The summed E-state index contributed by atoms with van der Waals surface area (Å²) >= 11 is 7.40. The maximum absolute atomic E-state index is 12.3. The number of rotatable bonds is 5. The number of thiazole rings is 1. The van der Waals surface area contributed by atoms with E-state index < -0.39 is 10.8 Å². The number of nitro benzene ring substituents is 1. The summed E-state index contributed by atoms with van der Waals surface area (Å²) in [6.07, 6.45) is 0. The quantitative estimate of drug-likeness (QED) is 0.630. The first kappa shape index (κ1) is 17.7. The second kappa shape index (κ2) is 7.87. The molecule has 0 spiro atoms. The first-order valence-electron chi connectivity index (χ1n) is 7.53. The molecule has 0 atom stereocenters. The summed E-state index contributed by atoms with van der Waals surface area (Å²) in [6, 6.07) is 3.88. The maximum Gasteiger partial charge on any atom is 0.275 e. The molecule has 1 N–H and O–H groups in total. The van der Waals surface area contributed by atoms with Crippen molar-refractivity contribution >= 4 is 40.2 Å². The highest BCUT2D eigenvalue weighted by Gasteiger charge is 2.17. The number of carbonyl (C=O) groups is 1. The lowest BCUT2D eigenvalue weighted by atomic mass is 10.2. The second-order valence-corrected chi connectivity index (χ2v) is 6.74. The average Bonchev–Trinajstić information content (AvgIpc) is 3.06. The molecule has 25 heavy (non-hydrogen) atoms. The van der Waals surface area contributed by atoms with Gasteiger partial charge in [0.15, 0.2) is 0 Å². The van der Waals surface area contributed by atoms with Gasteiger partial charge in [-0.05, 0) is 6.07 Å². The van der Waals surface area contributed by atoms with Crippen LogP contribution in [0.4, 0.5) is 11.4 Å². The number of halogens is 1. The molecule has 2 aromatic rings. The summed E-state index contributed by atoms with van der Waals surface area (Å²) in [4.78, 5) is 29.0. The molecule has 1 amide bonds. The highest BCUT2D eigenvalue weighted by Crippen LogP contribution is 2.27. The summed E-state index contributed by atoms with van der Waals surface area (Å²) in [5, 5.41) is 16.0. The normalized spacial score (nSPS) is 15.1. The summed E-state index contributed by atoms with van der Waals surface area (Å²) in [5.74, 6) is -0.403. The molecule has 0 unspecified atom stereocenters. The first-order valence-corrected chi connectivity index (χ1v) is 8.78. The standard InChI is InChI=1S/C15H15ClN4O4S/c16-11-7-10(20(22)23)1-2-12(11)18-15(21)13-9-25-14(17-13)8-19-3-5-24-6-4-19/h1-2,7,9H,3-6,8H2,(H,18,21). The van der Waals surface area contributed by atoms with Crippen molar-refractivity contribution in [2.75, 3.05) is 31.6 Å². The fraction of sp³-hybridized carbons (Fsp3) is 0.333. The molecule has 132 valence electrons. The predicted octanol–water partition coefficient (Wildman–Crippen LogP) is 2.79. The molecule has 10 heteroatoms. The Balaban J connectivity index is 1.64. The number of nitro groups is 1. The minimum atomic E-state index is -0.546. The molecule has 8 nitrogen and oxygen atoms in total. The van der Waals surface area contributed by atoms with Crippen LogP contribution in [0.1, 0.15) is 15.5 Å². The monoisotopic (exact) mass is 382 g/mol. The highest BCUT2D eigenvalue weighted by atomic mass is 35.5. The van der Waals surface area contributed by atoms with Crippen LogP contribution in [0, 0.1) is 10.1 Å². The zero-order valence-corrected chi connectivity index (χ0v) is 14.7. The Kier molecular flexibility index (Phi) is 5.59. The van der Waals surface area contributed by atoms with Crippen LogP contribution in [-0.2, 0) is 11.3 Å². The van der Waals surface area contributed by atoms with Gasteiger partial charge in [0.1, 0.15) is 10.7 Å². The van der Waals surface area contributed by atoms with Crippen LogP contribution in [-0.4, -0.2) is 47.0 Å². The fourth-order valence-electron chi connectivity index (χ4n) is 2.34. The third-order valence-corrected chi connectivity index (χ3v) is 4.80. The lowest BCUT2D eigenvalue weighted by molar-refractivity contribution is -0.384. The predicted molar refractivity (Wildman–Crippen MR) is 94.3 cm³/mol. The van der Waals surface area contributed by atoms with Crippen molar-refractivity contribution in [2.24, 2.45) is 0 Å². The van der Waals surface area contributed by atoms with Gasteiger partial charge in [-0.1, -0.05) is 11.6 Å². The highest BCUT2D eigenvalue weighted by molar-refractivity contribution is 7.09. The molecule has 2 heterocycles. The van der Waals surface area contributed by atoms with Crippen LogP contribution in [0.5, 0.6) is 0 Å². The molecule has 1 aromatic heterocycles. The summed E-state index contributed by atoms with van der Waals surface area (Å²) < 4.78 is 5.30. The van der Waals surface area contributed by atoms with Crippen LogP contribution in [0.3, 0.4) is 0 Å². The van der Waals surface area contributed by atoms with Crippen molar-refractivity contribution in [1.29, 1.82) is 0 Å². The second-order valence-electron chi connectivity index (χ2n) is 5.39. The third kappa shape index (κ3) is 4.51. The third-order valence-electron chi connectivity index (χ3n) is 3.66. The van der Waals surface area contributed by atoms with Gasteiger partial charge < -0.3 is 10.1 Å². The lowest BCUT2D eigenvalue weighted by Crippen LogP contribution is -2.35. The van der Waals surface area contributed by atoms with Gasteiger partial charge in [-0.15, -0.1) is 11.3 Å². The van der Waals surface area contributed by atoms with Crippen molar-refractivity contribution in [2.45, 2.75) is 6.54 Å². The molecular weight excluding hydrogens is 368 g/mol. The number of hydrogen-bond acceptors (Lipinski definition) is 7. The number of ether oxygens (including phenoxy) is 1. The van der Waals surface area contributed by atoms with Crippen molar-refractivity contribution in [3.05, 3.63) is 49.4 Å². The van der Waals surface area contributed by atoms with E-state index in [4.69, 9.17) is 16.3 Å². The molecule has 1 fully saturated rings.